The fourth-order valence-corrected chi connectivity index (χ4v) is 3.42. The van der Waals surface area contributed by atoms with Gasteiger partial charge in [-0.05, 0) is 55.5 Å². The summed E-state index contributed by atoms with van der Waals surface area (Å²) in [4.78, 5) is 13.5. The number of carbonyl (C=O) groups excluding carboxylic acids is 1. The first-order chi connectivity index (χ1) is 10.0. The number of benzene rings is 1. The first-order valence-corrected chi connectivity index (χ1v) is 8.20. The monoisotopic (exact) mass is 328 g/mol. The van der Waals surface area contributed by atoms with E-state index in [0.29, 0.717) is 16.0 Å². The zero-order valence-corrected chi connectivity index (χ0v) is 13.9. The highest BCUT2D eigenvalue weighted by atomic mass is 35.5. The maximum absolute atomic E-state index is 11.0. The Balaban J connectivity index is 1.81. The molecule has 1 aromatic carbocycles. The lowest BCUT2D eigenvalue weighted by molar-refractivity contribution is -0.119. The summed E-state index contributed by atoms with van der Waals surface area (Å²) in [6.07, 6.45) is 3.34. The lowest BCUT2D eigenvalue weighted by atomic mass is 9.97. The molecule has 1 aliphatic rings. The minimum Gasteiger partial charge on any atom is -0.356 e. The van der Waals surface area contributed by atoms with E-state index < -0.39 is 0 Å². The van der Waals surface area contributed by atoms with Gasteiger partial charge in [0.1, 0.15) is 0 Å². The molecule has 21 heavy (non-hydrogen) atoms. The molecule has 0 aromatic heterocycles. The van der Waals surface area contributed by atoms with E-state index in [1.807, 2.05) is 12.1 Å². The molecule has 0 saturated carbocycles. The van der Waals surface area contributed by atoms with Crippen molar-refractivity contribution >= 4 is 29.1 Å². The average molecular weight is 329 g/mol. The maximum Gasteiger partial charge on any atom is 0.216 e. The minimum atomic E-state index is 0.0562. The third kappa shape index (κ3) is 5.85. The Hall–Kier alpha value is -0.770. The standard InChI is InChI=1S/C16H22Cl2N2O/c1-12(21)19-10-14-3-2-5-20(11-14)6-4-13-7-15(17)9-16(18)8-13/h7-9,14H,2-6,10-11H2,1H3,(H,19,21). The van der Waals surface area contributed by atoms with Crippen LogP contribution in [0, 0.1) is 5.92 Å². The second-order valence-electron chi connectivity index (χ2n) is 5.77. The number of likely N-dealkylation sites (tertiary alicyclic amines) is 1. The number of halogens is 2. The van der Waals surface area contributed by atoms with E-state index >= 15 is 0 Å². The first kappa shape index (κ1) is 16.6. The summed E-state index contributed by atoms with van der Waals surface area (Å²) in [5.74, 6) is 0.617. The Kier molecular flexibility index (Phi) is 6.34. The molecule has 1 aliphatic heterocycles. The molecule has 1 saturated heterocycles. The van der Waals surface area contributed by atoms with Gasteiger partial charge in [-0.2, -0.15) is 0 Å². The SMILES string of the molecule is CC(=O)NCC1CCCN(CCc2cc(Cl)cc(Cl)c2)C1. The van der Waals surface area contributed by atoms with E-state index in [1.165, 1.54) is 18.4 Å². The zero-order valence-electron chi connectivity index (χ0n) is 12.4. The fourth-order valence-electron chi connectivity index (χ4n) is 2.85. The molecular formula is C16H22Cl2N2O. The lowest BCUT2D eigenvalue weighted by Gasteiger charge is -2.32. The van der Waals surface area contributed by atoms with Crippen LogP contribution in [0.4, 0.5) is 0 Å². The van der Waals surface area contributed by atoms with Gasteiger partial charge in [0.15, 0.2) is 0 Å². The molecule has 1 amide bonds. The Labute approximate surface area is 136 Å². The number of nitrogens with one attached hydrogen (secondary N) is 1. The second-order valence-corrected chi connectivity index (χ2v) is 6.65. The van der Waals surface area contributed by atoms with Crippen molar-refractivity contribution in [3.05, 3.63) is 33.8 Å². The number of nitrogens with zero attached hydrogens (tertiary/aromatic N) is 1. The quantitative estimate of drug-likeness (QED) is 0.898. The molecule has 1 fully saturated rings. The Morgan fingerprint density at radius 3 is 2.71 bits per heavy atom. The van der Waals surface area contributed by atoms with Gasteiger partial charge in [0.25, 0.3) is 0 Å². The van der Waals surface area contributed by atoms with Crippen LogP contribution in [-0.4, -0.2) is 37.0 Å². The molecule has 1 N–H and O–H groups in total. The predicted molar refractivity (Wildman–Crippen MR) is 88.0 cm³/mol. The molecule has 1 atom stereocenters. The summed E-state index contributed by atoms with van der Waals surface area (Å²) in [6.45, 7) is 5.55. The van der Waals surface area contributed by atoms with Gasteiger partial charge in [0.2, 0.25) is 5.91 Å². The summed E-state index contributed by atoms with van der Waals surface area (Å²) in [6, 6.07) is 5.72. The molecule has 0 aliphatic carbocycles. The number of carbonyl (C=O) groups is 1. The van der Waals surface area contributed by atoms with Crippen molar-refractivity contribution in [2.24, 2.45) is 5.92 Å². The second kappa shape index (κ2) is 8.02. The normalized spacial score (nSPS) is 19.5. The van der Waals surface area contributed by atoms with Gasteiger partial charge in [-0.25, -0.2) is 0 Å². The van der Waals surface area contributed by atoms with E-state index in [0.717, 1.165) is 32.6 Å². The van der Waals surface area contributed by atoms with Crippen LogP contribution in [0.3, 0.4) is 0 Å². The van der Waals surface area contributed by atoms with E-state index in [-0.39, 0.29) is 5.91 Å². The third-order valence-electron chi connectivity index (χ3n) is 3.88. The number of amides is 1. The summed E-state index contributed by atoms with van der Waals surface area (Å²) in [7, 11) is 0. The van der Waals surface area contributed by atoms with Crippen LogP contribution in [-0.2, 0) is 11.2 Å². The largest absolute Gasteiger partial charge is 0.356 e. The van der Waals surface area contributed by atoms with E-state index in [2.05, 4.69) is 10.2 Å². The molecular weight excluding hydrogens is 307 g/mol. The van der Waals surface area contributed by atoms with Gasteiger partial charge >= 0.3 is 0 Å². The molecule has 116 valence electrons. The van der Waals surface area contributed by atoms with Crippen molar-refractivity contribution in [1.82, 2.24) is 10.2 Å². The zero-order chi connectivity index (χ0) is 15.2. The highest BCUT2D eigenvalue weighted by Crippen LogP contribution is 2.21. The van der Waals surface area contributed by atoms with E-state index in [4.69, 9.17) is 23.2 Å². The molecule has 1 aromatic rings. The summed E-state index contributed by atoms with van der Waals surface area (Å²) < 4.78 is 0. The molecule has 0 spiro atoms. The van der Waals surface area contributed by atoms with Gasteiger partial charge in [-0.3, -0.25) is 4.79 Å². The topological polar surface area (TPSA) is 32.3 Å². The van der Waals surface area contributed by atoms with Gasteiger partial charge in [0, 0.05) is 36.6 Å². The summed E-state index contributed by atoms with van der Waals surface area (Å²) in [5, 5.41) is 4.31. The van der Waals surface area contributed by atoms with Crippen LogP contribution >= 0.6 is 23.2 Å². The Bertz CT molecular complexity index is 473. The smallest absolute Gasteiger partial charge is 0.216 e. The highest BCUT2D eigenvalue weighted by molar-refractivity contribution is 6.34. The van der Waals surface area contributed by atoms with Gasteiger partial charge in [-0.15, -0.1) is 0 Å². The van der Waals surface area contributed by atoms with Crippen LogP contribution in [0.1, 0.15) is 25.3 Å². The van der Waals surface area contributed by atoms with Crippen molar-refractivity contribution in [3.8, 4) is 0 Å². The molecule has 3 nitrogen and oxygen atoms in total. The van der Waals surface area contributed by atoms with Crippen molar-refractivity contribution in [2.45, 2.75) is 26.2 Å². The average Bonchev–Trinajstić information content (AvgIpc) is 2.42. The molecule has 5 heteroatoms. The molecule has 0 bridgehead atoms. The van der Waals surface area contributed by atoms with Gasteiger partial charge in [0.05, 0.1) is 0 Å². The molecule has 2 rings (SSSR count). The Morgan fingerprint density at radius 2 is 2.05 bits per heavy atom. The number of hydrogen-bond acceptors (Lipinski definition) is 2. The lowest BCUT2D eigenvalue weighted by Crippen LogP contribution is -2.41. The van der Waals surface area contributed by atoms with Crippen molar-refractivity contribution < 1.29 is 4.79 Å². The Morgan fingerprint density at radius 1 is 1.33 bits per heavy atom. The maximum atomic E-state index is 11.0. The number of rotatable bonds is 5. The number of piperidine rings is 1. The first-order valence-electron chi connectivity index (χ1n) is 7.44. The summed E-state index contributed by atoms with van der Waals surface area (Å²) in [5.41, 5.74) is 1.18. The molecule has 0 radical (unpaired) electrons. The van der Waals surface area contributed by atoms with Gasteiger partial charge in [-0.1, -0.05) is 23.2 Å². The van der Waals surface area contributed by atoms with Crippen LogP contribution in [0.25, 0.3) is 0 Å². The van der Waals surface area contributed by atoms with Crippen molar-refractivity contribution in [2.75, 3.05) is 26.2 Å². The fraction of sp³-hybridized carbons (Fsp3) is 0.562. The van der Waals surface area contributed by atoms with Crippen LogP contribution in [0.15, 0.2) is 18.2 Å². The predicted octanol–water partition coefficient (Wildman–Crippen LogP) is 3.38. The van der Waals surface area contributed by atoms with Crippen LogP contribution in [0.5, 0.6) is 0 Å². The van der Waals surface area contributed by atoms with Crippen molar-refractivity contribution in [3.63, 3.8) is 0 Å². The van der Waals surface area contributed by atoms with Crippen molar-refractivity contribution in [1.29, 1.82) is 0 Å². The molecule has 1 heterocycles. The van der Waals surface area contributed by atoms with Crippen LogP contribution < -0.4 is 5.32 Å². The molecule has 1 unspecified atom stereocenters. The summed E-state index contributed by atoms with van der Waals surface area (Å²) >= 11 is 12.1. The van der Waals surface area contributed by atoms with Crippen LogP contribution in [0.2, 0.25) is 10.0 Å². The minimum absolute atomic E-state index is 0.0562. The van der Waals surface area contributed by atoms with E-state index in [1.54, 1.807) is 13.0 Å². The van der Waals surface area contributed by atoms with E-state index in [9.17, 15) is 4.79 Å². The van der Waals surface area contributed by atoms with Gasteiger partial charge < -0.3 is 10.2 Å². The number of hydrogen-bond donors (Lipinski definition) is 1. The third-order valence-corrected chi connectivity index (χ3v) is 4.32. The highest BCUT2D eigenvalue weighted by Gasteiger charge is 2.19.